The Bertz CT molecular complexity index is 1670. The molecule has 0 saturated carbocycles. The third-order valence-corrected chi connectivity index (χ3v) is 19.4. The number of carbonyl (C=O) groups excluding carboxylic acids is 1. The minimum absolute atomic E-state index is 0.00529. The molecule has 0 bridgehead atoms. The van der Waals surface area contributed by atoms with E-state index in [9.17, 15) is 19.4 Å². The molecule has 1 amide bonds. The highest BCUT2D eigenvalue weighted by molar-refractivity contribution is 7.45. The van der Waals surface area contributed by atoms with Gasteiger partial charge in [0.1, 0.15) is 13.2 Å². The molecule has 0 aliphatic heterocycles. The van der Waals surface area contributed by atoms with E-state index in [2.05, 4.69) is 67.8 Å². The predicted molar refractivity (Wildman–Crippen MR) is 399 cm³/mol. The van der Waals surface area contributed by atoms with Crippen LogP contribution in [0, 0.1) is 0 Å². The third-order valence-electron chi connectivity index (χ3n) is 18.4. The Morgan fingerprint density at radius 3 is 0.967 bits per heavy atom. The summed E-state index contributed by atoms with van der Waals surface area (Å²) in [7, 11) is 1.26. The van der Waals surface area contributed by atoms with Crippen molar-refractivity contribution in [1.29, 1.82) is 0 Å². The van der Waals surface area contributed by atoms with Crippen LogP contribution in [-0.4, -0.2) is 68.5 Å². The zero-order valence-corrected chi connectivity index (χ0v) is 62.5. The summed E-state index contributed by atoms with van der Waals surface area (Å²) in [6.07, 6.45) is 101. The van der Waals surface area contributed by atoms with Crippen LogP contribution in [-0.2, 0) is 18.4 Å². The van der Waals surface area contributed by atoms with Gasteiger partial charge >= 0.3 is 0 Å². The van der Waals surface area contributed by atoms with E-state index in [0.717, 1.165) is 51.4 Å². The van der Waals surface area contributed by atoms with Gasteiger partial charge in [-0.15, -0.1) is 0 Å². The molecule has 9 heteroatoms. The molecule has 0 aromatic heterocycles. The van der Waals surface area contributed by atoms with Crippen LogP contribution in [0.5, 0.6) is 0 Å². The summed E-state index contributed by atoms with van der Waals surface area (Å²) in [4.78, 5) is 25.7. The number of hydrogen-bond acceptors (Lipinski definition) is 6. The molecule has 3 unspecified atom stereocenters. The summed E-state index contributed by atoms with van der Waals surface area (Å²) in [6.45, 7) is 4.68. The first-order valence-corrected chi connectivity index (χ1v) is 41.6. The van der Waals surface area contributed by atoms with Crippen molar-refractivity contribution in [3.63, 3.8) is 0 Å². The summed E-state index contributed by atoms with van der Waals surface area (Å²) in [6, 6.07) is -0.906. The lowest BCUT2D eigenvalue weighted by molar-refractivity contribution is -0.870. The average Bonchev–Trinajstić information content (AvgIpc) is 3.58. The number of aliphatic hydroxyl groups is 1. The number of phosphoric acid groups is 1. The van der Waals surface area contributed by atoms with Crippen LogP contribution in [0.2, 0.25) is 0 Å². The van der Waals surface area contributed by atoms with Gasteiger partial charge in [0, 0.05) is 6.42 Å². The van der Waals surface area contributed by atoms with Crippen molar-refractivity contribution in [3.05, 3.63) is 60.8 Å². The van der Waals surface area contributed by atoms with Crippen LogP contribution in [0.15, 0.2) is 60.8 Å². The molecule has 0 fully saturated rings. The SMILES string of the molecule is CCCCCCC/C=C\C/C=C\C/C=C\CCCCCCCCCCCCCCCCCCCCCCCCCCC(=O)NC(COP(=O)([O-])OCC[N+](C)(C)C)C(O)/C=C/CC/C=C/CCCCCCCCCCCCCCCCCCCCCCCCCC. The number of aliphatic hydroxyl groups excluding tert-OH is 1. The summed E-state index contributed by atoms with van der Waals surface area (Å²) < 4.78 is 23.5. The first kappa shape index (κ1) is 89.2. The number of unbranched alkanes of at least 4 members (excludes halogenated alkanes) is 54. The normalized spacial score (nSPS) is 13.8. The number of phosphoric ester groups is 1. The van der Waals surface area contributed by atoms with E-state index in [-0.39, 0.29) is 19.1 Å². The summed E-state index contributed by atoms with van der Waals surface area (Å²) >= 11 is 0. The number of hydrogen-bond donors (Lipinski definition) is 2. The van der Waals surface area contributed by atoms with Crippen molar-refractivity contribution >= 4 is 13.7 Å². The Kier molecular flexibility index (Phi) is 71.0. The molecule has 0 heterocycles. The van der Waals surface area contributed by atoms with Crippen LogP contribution in [0.4, 0.5) is 0 Å². The van der Waals surface area contributed by atoms with Gasteiger partial charge < -0.3 is 28.8 Å². The molecule has 0 spiro atoms. The molecule has 2 N–H and O–H groups in total. The Hall–Kier alpha value is -1.80. The quantitative estimate of drug-likeness (QED) is 0.0272. The Morgan fingerprint density at radius 1 is 0.385 bits per heavy atom. The second-order valence-corrected chi connectivity index (χ2v) is 30.2. The van der Waals surface area contributed by atoms with Crippen molar-refractivity contribution in [3.8, 4) is 0 Å². The minimum Gasteiger partial charge on any atom is -0.756 e. The Morgan fingerprint density at radius 2 is 0.648 bits per heavy atom. The third kappa shape index (κ3) is 75.4. The van der Waals surface area contributed by atoms with Gasteiger partial charge in [-0.25, -0.2) is 0 Å². The van der Waals surface area contributed by atoms with Gasteiger partial charge in [-0.2, -0.15) is 0 Å². The van der Waals surface area contributed by atoms with Crippen molar-refractivity contribution in [1.82, 2.24) is 5.32 Å². The molecule has 3 atom stereocenters. The van der Waals surface area contributed by atoms with Gasteiger partial charge in [-0.1, -0.05) is 389 Å². The van der Waals surface area contributed by atoms with Gasteiger partial charge in [-0.3, -0.25) is 9.36 Å². The molecule has 536 valence electrons. The number of carbonyl (C=O) groups is 1. The monoisotopic (exact) mass is 1300 g/mol. The van der Waals surface area contributed by atoms with E-state index in [4.69, 9.17) is 9.05 Å². The zero-order valence-electron chi connectivity index (χ0n) is 61.6. The molecule has 91 heavy (non-hydrogen) atoms. The van der Waals surface area contributed by atoms with Crippen LogP contribution >= 0.6 is 7.82 Å². The molecule has 0 radical (unpaired) electrons. The van der Waals surface area contributed by atoms with Crippen LogP contribution < -0.4 is 10.2 Å². The number of quaternary nitrogens is 1. The van der Waals surface area contributed by atoms with Crippen molar-refractivity contribution < 1.29 is 32.9 Å². The number of allylic oxidation sites excluding steroid dienone is 9. The fourth-order valence-electron chi connectivity index (χ4n) is 12.2. The van der Waals surface area contributed by atoms with Gasteiger partial charge in [0.2, 0.25) is 5.91 Å². The van der Waals surface area contributed by atoms with Gasteiger partial charge in [0.25, 0.3) is 7.82 Å². The fraction of sp³-hybridized carbons (Fsp3) is 0.866. The Labute approximate surface area is 568 Å². The molecule has 0 aromatic rings. The van der Waals surface area contributed by atoms with E-state index < -0.39 is 20.0 Å². The van der Waals surface area contributed by atoms with E-state index >= 15 is 0 Å². The molecule has 0 saturated heterocycles. The second-order valence-electron chi connectivity index (χ2n) is 28.8. The van der Waals surface area contributed by atoms with Gasteiger partial charge in [-0.05, 0) is 70.6 Å². The number of rotatable bonds is 75. The van der Waals surface area contributed by atoms with Crippen LogP contribution in [0.3, 0.4) is 0 Å². The highest BCUT2D eigenvalue weighted by Gasteiger charge is 2.23. The minimum atomic E-state index is -4.62. The maximum atomic E-state index is 13.1. The highest BCUT2D eigenvalue weighted by Crippen LogP contribution is 2.38. The summed E-state index contributed by atoms with van der Waals surface area (Å²) in [5, 5.41) is 14.0. The fourth-order valence-corrected chi connectivity index (χ4v) is 13.0. The molecule has 8 nitrogen and oxygen atoms in total. The first-order chi connectivity index (χ1) is 44.5. The topological polar surface area (TPSA) is 108 Å². The maximum absolute atomic E-state index is 13.1. The van der Waals surface area contributed by atoms with Crippen molar-refractivity contribution in [2.45, 2.75) is 418 Å². The lowest BCUT2D eigenvalue weighted by atomic mass is 10.0. The van der Waals surface area contributed by atoms with E-state index in [1.807, 2.05) is 27.2 Å². The molecule has 0 aromatic carbocycles. The molecule has 0 aliphatic rings. The van der Waals surface area contributed by atoms with Gasteiger partial charge in [0.15, 0.2) is 0 Å². The first-order valence-electron chi connectivity index (χ1n) is 40.2. The van der Waals surface area contributed by atoms with Gasteiger partial charge in [0.05, 0.1) is 39.9 Å². The average molecular weight is 1300 g/mol. The molecular formula is C82H157N2O6P. The lowest BCUT2D eigenvalue weighted by Gasteiger charge is -2.29. The highest BCUT2D eigenvalue weighted by atomic mass is 31.2. The maximum Gasteiger partial charge on any atom is 0.268 e. The van der Waals surface area contributed by atoms with E-state index in [0.29, 0.717) is 17.4 Å². The predicted octanol–water partition coefficient (Wildman–Crippen LogP) is 25.7. The van der Waals surface area contributed by atoms with Crippen LogP contribution in [0.1, 0.15) is 406 Å². The number of nitrogens with one attached hydrogen (secondary N) is 1. The molecular weight excluding hydrogens is 1140 g/mol. The van der Waals surface area contributed by atoms with E-state index in [1.54, 1.807) is 6.08 Å². The van der Waals surface area contributed by atoms with E-state index in [1.165, 1.54) is 334 Å². The number of likely N-dealkylation sites (N-methyl/N-ethyl adjacent to an activating group) is 1. The summed E-state index contributed by atoms with van der Waals surface area (Å²) in [5.41, 5.74) is 0. The number of amides is 1. The molecule has 0 rings (SSSR count). The van der Waals surface area contributed by atoms with Crippen molar-refractivity contribution in [2.75, 3.05) is 40.9 Å². The zero-order chi connectivity index (χ0) is 66.2. The summed E-state index contributed by atoms with van der Waals surface area (Å²) in [5.74, 6) is -0.199. The Balaban J connectivity index is 3.97. The molecule has 0 aliphatic carbocycles. The largest absolute Gasteiger partial charge is 0.756 e. The lowest BCUT2D eigenvalue weighted by Crippen LogP contribution is -2.45. The number of nitrogens with zero attached hydrogens (tertiary/aromatic N) is 1. The van der Waals surface area contributed by atoms with Crippen molar-refractivity contribution in [2.24, 2.45) is 0 Å². The second kappa shape index (κ2) is 72.5. The smallest absolute Gasteiger partial charge is 0.268 e. The van der Waals surface area contributed by atoms with Crippen LogP contribution in [0.25, 0.3) is 0 Å². The standard InChI is InChI=1S/C82H157N2O6P/c1-6-8-10-12-14-16-18-20-22-24-26-28-30-32-34-36-38-39-40-41-42-43-44-45-46-48-50-52-54-56-58-60-62-64-66-68-70-72-74-76-82(86)83-80(79-90-91(87,88)89-78-77-84(3,4)5)81(85)75-73-71-69-67-65-63-61-59-57-55-53-51-49-47-37-35-33-31-29-27-25-23-21-19-17-15-13-11-9-7-2/h18,20,24,26,30,32,65,67,73,75,80-81,85H,6-17,19,21-23,25,27-29,31,33-64,66,68-72,74,76-79H2,1-5H3,(H-,83,86,87,88)/b20-18-,26-24-,32-30-,67-65+,75-73+.